The van der Waals surface area contributed by atoms with Crippen molar-refractivity contribution in [2.75, 3.05) is 44.3 Å². The molecule has 1 fully saturated rings. The molecule has 1 aliphatic heterocycles. The average molecular weight is 365 g/mol. The molecule has 0 spiro atoms. The van der Waals surface area contributed by atoms with Crippen molar-refractivity contribution < 1.29 is 4.74 Å². The number of nitrogen functional groups attached to an aromatic ring is 1. The van der Waals surface area contributed by atoms with Crippen molar-refractivity contribution in [1.82, 2.24) is 14.9 Å². The predicted octanol–water partition coefficient (Wildman–Crippen LogP) is 2.82. The molecule has 0 radical (unpaired) electrons. The van der Waals surface area contributed by atoms with Gasteiger partial charge in [-0.1, -0.05) is 18.7 Å². The number of ether oxygens (including phenoxy) is 1. The first kappa shape index (κ1) is 16.6. The molecule has 0 bridgehead atoms. The number of thiophene rings is 1. The normalized spacial score (nSPS) is 22.0. The van der Waals surface area contributed by atoms with Gasteiger partial charge in [0, 0.05) is 30.3 Å². The van der Waals surface area contributed by atoms with Crippen molar-refractivity contribution in [3.63, 3.8) is 0 Å². The summed E-state index contributed by atoms with van der Waals surface area (Å²) in [7, 11) is 0. The summed E-state index contributed by atoms with van der Waals surface area (Å²) in [6.07, 6.45) is 3.53. The molecule has 0 saturated carbocycles. The Morgan fingerprint density at radius 2 is 2.17 bits per heavy atom. The van der Waals surface area contributed by atoms with Crippen LogP contribution in [0.25, 0.3) is 10.2 Å². The molecule has 130 valence electrons. The first-order chi connectivity index (χ1) is 11.7. The van der Waals surface area contributed by atoms with Crippen molar-refractivity contribution in [1.29, 1.82) is 0 Å². The number of aryl methyl sites for hydroxylation is 1. The number of anilines is 1. The Hall–Kier alpha value is -0.890. The third-order valence-corrected chi connectivity index (χ3v) is 6.88. The molecule has 2 aromatic heterocycles. The van der Waals surface area contributed by atoms with E-state index in [1.165, 1.54) is 16.9 Å². The second kappa shape index (κ2) is 7.15. The summed E-state index contributed by atoms with van der Waals surface area (Å²) in [6.45, 7) is 7.12. The third-order valence-electron chi connectivity index (χ3n) is 4.90. The smallest absolute Gasteiger partial charge is 0.190 e. The molecule has 2 aromatic rings. The summed E-state index contributed by atoms with van der Waals surface area (Å²) in [5, 5.41) is 1.94. The van der Waals surface area contributed by atoms with Crippen LogP contribution in [0.15, 0.2) is 5.16 Å². The topological polar surface area (TPSA) is 64.3 Å². The van der Waals surface area contributed by atoms with Gasteiger partial charge in [0.15, 0.2) is 5.16 Å². The van der Waals surface area contributed by atoms with Gasteiger partial charge in [0.25, 0.3) is 0 Å². The van der Waals surface area contributed by atoms with Crippen LogP contribution in [0.5, 0.6) is 0 Å². The number of nitrogens with two attached hydrogens (primary N) is 1. The van der Waals surface area contributed by atoms with Gasteiger partial charge >= 0.3 is 0 Å². The van der Waals surface area contributed by atoms with Gasteiger partial charge in [-0.25, -0.2) is 9.97 Å². The highest BCUT2D eigenvalue weighted by Gasteiger charge is 2.23. The molecule has 5 nitrogen and oxygen atoms in total. The van der Waals surface area contributed by atoms with Gasteiger partial charge in [0.2, 0.25) is 0 Å². The van der Waals surface area contributed by atoms with Gasteiger partial charge in [0.1, 0.15) is 10.6 Å². The van der Waals surface area contributed by atoms with E-state index in [9.17, 15) is 0 Å². The molecule has 1 atom stereocenters. The van der Waals surface area contributed by atoms with Crippen LogP contribution in [-0.4, -0.2) is 53.5 Å². The minimum absolute atomic E-state index is 0.668. The van der Waals surface area contributed by atoms with Crippen molar-refractivity contribution in [2.45, 2.75) is 31.3 Å². The van der Waals surface area contributed by atoms with E-state index < -0.39 is 0 Å². The molecular weight excluding hydrogens is 340 g/mol. The number of thioether (sulfide) groups is 1. The van der Waals surface area contributed by atoms with Crippen LogP contribution in [0.2, 0.25) is 0 Å². The predicted molar refractivity (Wildman–Crippen MR) is 101 cm³/mol. The quantitative estimate of drug-likeness (QED) is 0.665. The Bertz CT molecular complexity index is 727. The maximum atomic E-state index is 6.29. The lowest BCUT2D eigenvalue weighted by molar-refractivity contribution is 0.0410. The number of morpholine rings is 1. The van der Waals surface area contributed by atoms with E-state index in [0.29, 0.717) is 5.82 Å². The molecule has 1 unspecified atom stereocenters. The minimum Gasteiger partial charge on any atom is -0.383 e. The Morgan fingerprint density at radius 3 is 3.00 bits per heavy atom. The largest absolute Gasteiger partial charge is 0.383 e. The first-order valence-electron chi connectivity index (χ1n) is 8.71. The number of nitrogens with zero attached hydrogens (tertiary/aromatic N) is 3. The van der Waals surface area contributed by atoms with Gasteiger partial charge in [-0.05, 0) is 30.7 Å². The lowest BCUT2D eigenvalue weighted by atomic mass is 9.89. The monoisotopic (exact) mass is 364 g/mol. The minimum atomic E-state index is 0.668. The van der Waals surface area contributed by atoms with Gasteiger partial charge in [-0.3, -0.25) is 4.90 Å². The molecule has 1 aliphatic carbocycles. The highest BCUT2D eigenvalue weighted by Crippen LogP contribution is 2.39. The Balaban J connectivity index is 1.48. The first-order valence-corrected chi connectivity index (χ1v) is 10.5. The molecule has 2 N–H and O–H groups in total. The standard InChI is InChI=1S/C17H24N4OS2/c1-11-2-3-12-13(10-11)24-16-14(12)15(18)19-17(20-16)23-9-6-21-4-7-22-8-5-21/h11H,2-10H2,1H3,(H2,18,19,20). The summed E-state index contributed by atoms with van der Waals surface area (Å²) >= 11 is 3.53. The zero-order valence-corrected chi connectivity index (χ0v) is 15.7. The number of hydrogen-bond donors (Lipinski definition) is 1. The molecule has 4 rings (SSSR count). The van der Waals surface area contributed by atoms with E-state index in [1.54, 1.807) is 11.8 Å². The summed E-state index contributed by atoms with van der Waals surface area (Å²) in [4.78, 5) is 14.4. The summed E-state index contributed by atoms with van der Waals surface area (Å²) in [6, 6.07) is 0. The van der Waals surface area contributed by atoms with Crippen molar-refractivity contribution >= 4 is 39.1 Å². The average Bonchev–Trinajstić information content (AvgIpc) is 2.93. The number of aromatic nitrogens is 2. The molecule has 1 saturated heterocycles. The third kappa shape index (κ3) is 3.40. The van der Waals surface area contributed by atoms with Crippen LogP contribution in [0, 0.1) is 5.92 Å². The van der Waals surface area contributed by atoms with Crippen LogP contribution in [-0.2, 0) is 17.6 Å². The Kier molecular flexibility index (Phi) is 4.94. The van der Waals surface area contributed by atoms with E-state index in [-0.39, 0.29) is 0 Å². The highest BCUT2D eigenvalue weighted by molar-refractivity contribution is 7.99. The molecule has 24 heavy (non-hydrogen) atoms. The molecule has 0 amide bonds. The van der Waals surface area contributed by atoms with Crippen molar-refractivity contribution in [2.24, 2.45) is 5.92 Å². The zero-order chi connectivity index (χ0) is 16.5. The molecule has 2 aliphatic rings. The van der Waals surface area contributed by atoms with Crippen molar-refractivity contribution in [3.8, 4) is 0 Å². The zero-order valence-electron chi connectivity index (χ0n) is 14.1. The number of fused-ring (bicyclic) bond motifs is 3. The van der Waals surface area contributed by atoms with Crippen LogP contribution < -0.4 is 5.73 Å². The molecular formula is C17H24N4OS2. The fourth-order valence-corrected chi connectivity index (χ4v) is 5.80. The van der Waals surface area contributed by atoms with E-state index in [1.807, 2.05) is 11.3 Å². The van der Waals surface area contributed by atoms with Gasteiger partial charge < -0.3 is 10.5 Å². The summed E-state index contributed by atoms with van der Waals surface area (Å²) in [5.41, 5.74) is 7.70. The Morgan fingerprint density at radius 1 is 1.33 bits per heavy atom. The Labute approximate surface area is 151 Å². The van der Waals surface area contributed by atoms with Crippen molar-refractivity contribution in [3.05, 3.63) is 10.4 Å². The molecule has 7 heteroatoms. The fraction of sp³-hybridized carbons (Fsp3) is 0.647. The molecule has 3 heterocycles. The second-order valence-corrected chi connectivity index (χ2v) is 8.87. The van der Waals surface area contributed by atoms with E-state index >= 15 is 0 Å². The maximum Gasteiger partial charge on any atom is 0.190 e. The van der Waals surface area contributed by atoms with E-state index in [0.717, 1.165) is 72.7 Å². The van der Waals surface area contributed by atoms with Crippen LogP contribution in [0.1, 0.15) is 23.8 Å². The van der Waals surface area contributed by atoms with E-state index in [2.05, 4.69) is 16.8 Å². The maximum absolute atomic E-state index is 6.29. The van der Waals surface area contributed by atoms with Gasteiger partial charge in [-0.2, -0.15) is 0 Å². The van der Waals surface area contributed by atoms with E-state index in [4.69, 9.17) is 15.5 Å². The SMILES string of the molecule is CC1CCc2c(sc3nc(SCCN4CCOCC4)nc(N)c23)C1. The van der Waals surface area contributed by atoms with Crippen LogP contribution in [0.4, 0.5) is 5.82 Å². The number of hydrogen-bond acceptors (Lipinski definition) is 7. The van der Waals surface area contributed by atoms with Crippen LogP contribution >= 0.6 is 23.1 Å². The summed E-state index contributed by atoms with van der Waals surface area (Å²) in [5.74, 6) is 2.43. The lowest BCUT2D eigenvalue weighted by Gasteiger charge is -2.26. The number of rotatable bonds is 4. The van der Waals surface area contributed by atoms with Gasteiger partial charge in [0.05, 0.1) is 18.6 Å². The summed E-state index contributed by atoms with van der Waals surface area (Å²) < 4.78 is 5.39. The fourth-order valence-electron chi connectivity index (χ4n) is 3.51. The molecule has 0 aromatic carbocycles. The van der Waals surface area contributed by atoms with Crippen LogP contribution in [0.3, 0.4) is 0 Å². The second-order valence-electron chi connectivity index (χ2n) is 6.73. The highest BCUT2D eigenvalue weighted by atomic mass is 32.2. The van der Waals surface area contributed by atoms with Gasteiger partial charge in [-0.15, -0.1) is 11.3 Å². The lowest BCUT2D eigenvalue weighted by Crippen LogP contribution is -2.37.